The van der Waals surface area contributed by atoms with E-state index in [1.807, 2.05) is 0 Å². The van der Waals surface area contributed by atoms with Crippen molar-refractivity contribution in [3.63, 3.8) is 0 Å². The largest absolute Gasteiger partial charge is 0.450 e. The standard InChI is InChI=1S/C22H20O6/c1-14(2)21(24)26-13-20(23)27-18-9-5-16(6-10-18)17-7-11-19(12-8-17)28-22(25)15(3)4/h5-12H,1,3,13H2,2,4H3. The monoisotopic (exact) mass is 380 g/mol. The Balaban J connectivity index is 1.95. The highest BCUT2D eigenvalue weighted by atomic mass is 16.6. The van der Waals surface area contributed by atoms with E-state index < -0.39 is 24.5 Å². The smallest absolute Gasteiger partial charge is 0.349 e. The first kappa shape index (κ1) is 20.6. The Kier molecular flexibility index (Phi) is 6.87. The fraction of sp³-hybridized carbons (Fsp3) is 0.136. The van der Waals surface area contributed by atoms with Crippen molar-refractivity contribution in [1.82, 2.24) is 0 Å². The van der Waals surface area contributed by atoms with Gasteiger partial charge in [0.25, 0.3) is 0 Å². The van der Waals surface area contributed by atoms with E-state index in [2.05, 4.69) is 13.2 Å². The lowest BCUT2D eigenvalue weighted by molar-refractivity contribution is -0.150. The summed E-state index contributed by atoms with van der Waals surface area (Å²) >= 11 is 0. The van der Waals surface area contributed by atoms with Gasteiger partial charge < -0.3 is 14.2 Å². The molecule has 2 aromatic rings. The number of carbonyl (C=O) groups excluding carboxylic acids is 3. The average molecular weight is 380 g/mol. The van der Waals surface area contributed by atoms with Crippen molar-refractivity contribution in [2.24, 2.45) is 0 Å². The molecule has 0 aromatic heterocycles. The van der Waals surface area contributed by atoms with Crippen LogP contribution >= 0.6 is 0 Å². The van der Waals surface area contributed by atoms with Crippen LogP contribution in [0.5, 0.6) is 11.5 Å². The van der Waals surface area contributed by atoms with Crippen molar-refractivity contribution in [2.45, 2.75) is 13.8 Å². The number of carbonyl (C=O) groups is 3. The van der Waals surface area contributed by atoms with Crippen LogP contribution in [-0.4, -0.2) is 24.5 Å². The minimum atomic E-state index is -0.689. The molecule has 28 heavy (non-hydrogen) atoms. The summed E-state index contributed by atoms with van der Waals surface area (Å²) in [7, 11) is 0. The zero-order chi connectivity index (χ0) is 20.7. The highest BCUT2D eigenvalue weighted by molar-refractivity contribution is 5.89. The Morgan fingerprint density at radius 3 is 1.57 bits per heavy atom. The van der Waals surface area contributed by atoms with Crippen LogP contribution in [-0.2, 0) is 19.1 Å². The predicted octanol–water partition coefficient (Wildman–Crippen LogP) is 3.86. The summed E-state index contributed by atoms with van der Waals surface area (Å²) < 4.78 is 15.0. The van der Waals surface area contributed by atoms with Gasteiger partial charge in [0.2, 0.25) is 0 Å². The van der Waals surface area contributed by atoms with Crippen LogP contribution in [0.2, 0.25) is 0 Å². The highest BCUT2D eigenvalue weighted by Gasteiger charge is 2.10. The Hall–Kier alpha value is -3.67. The lowest BCUT2D eigenvalue weighted by Gasteiger charge is -2.08. The van der Waals surface area contributed by atoms with E-state index in [4.69, 9.17) is 14.2 Å². The molecule has 0 aliphatic carbocycles. The van der Waals surface area contributed by atoms with E-state index in [0.717, 1.165) is 11.1 Å². The molecule has 0 saturated heterocycles. The molecule has 6 nitrogen and oxygen atoms in total. The SMILES string of the molecule is C=C(C)C(=O)OCC(=O)Oc1ccc(-c2ccc(OC(=O)C(=C)C)cc2)cc1. The number of hydrogen-bond acceptors (Lipinski definition) is 6. The third-order valence-electron chi connectivity index (χ3n) is 3.50. The van der Waals surface area contributed by atoms with Crippen LogP contribution in [0.3, 0.4) is 0 Å². The Labute approximate surface area is 163 Å². The molecule has 0 fully saturated rings. The zero-order valence-electron chi connectivity index (χ0n) is 15.7. The molecule has 0 N–H and O–H groups in total. The average Bonchev–Trinajstić information content (AvgIpc) is 2.67. The Bertz CT molecular complexity index is 907. The van der Waals surface area contributed by atoms with Crippen LogP contribution in [0.25, 0.3) is 11.1 Å². The molecule has 0 radical (unpaired) electrons. The maximum absolute atomic E-state index is 11.7. The maximum atomic E-state index is 11.7. The van der Waals surface area contributed by atoms with Crippen LogP contribution in [0.4, 0.5) is 0 Å². The minimum absolute atomic E-state index is 0.206. The third kappa shape index (κ3) is 5.95. The highest BCUT2D eigenvalue weighted by Crippen LogP contribution is 2.25. The second-order valence-corrected chi connectivity index (χ2v) is 6.05. The first-order valence-corrected chi connectivity index (χ1v) is 8.38. The second-order valence-electron chi connectivity index (χ2n) is 6.05. The summed E-state index contributed by atoms with van der Waals surface area (Å²) in [6.45, 7) is 9.54. The molecule has 0 aliphatic heterocycles. The fourth-order valence-corrected chi connectivity index (χ4v) is 2.03. The molecule has 144 valence electrons. The van der Waals surface area contributed by atoms with Gasteiger partial charge in [-0.05, 0) is 49.2 Å². The van der Waals surface area contributed by atoms with Gasteiger partial charge in [-0.15, -0.1) is 0 Å². The van der Waals surface area contributed by atoms with Gasteiger partial charge in [0.15, 0.2) is 6.61 Å². The molecule has 0 heterocycles. The molecule has 0 saturated carbocycles. The van der Waals surface area contributed by atoms with Crippen LogP contribution in [0.15, 0.2) is 72.8 Å². The zero-order valence-corrected chi connectivity index (χ0v) is 15.7. The van der Waals surface area contributed by atoms with Gasteiger partial charge in [0, 0.05) is 11.1 Å². The third-order valence-corrected chi connectivity index (χ3v) is 3.50. The molecule has 0 bridgehead atoms. The molecule has 0 amide bonds. The number of hydrogen-bond donors (Lipinski definition) is 0. The van der Waals surface area contributed by atoms with E-state index in [9.17, 15) is 14.4 Å². The first-order chi connectivity index (χ1) is 13.3. The summed E-state index contributed by atoms with van der Waals surface area (Å²) in [4.78, 5) is 34.5. The van der Waals surface area contributed by atoms with E-state index >= 15 is 0 Å². The van der Waals surface area contributed by atoms with Crippen LogP contribution in [0, 0.1) is 0 Å². The maximum Gasteiger partial charge on any atom is 0.349 e. The number of rotatable bonds is 7. The van der Waals surface area contributed by atoms with Gasteiger partial charge in [-0.1, -0.05) is 37.4 Å². The molecule has 0 aliphatic rings. The van der Waals surface area contributed by atoms with Crippen molar-refractivity contribution < 1.29 is 28.6 Å². The first-order valence-electron chi connectivity index (χ1n) is 8.38. The van der Waals surface area contributed by atoms with Gasteiger partial charge in [-0.2, -0.15) is 0 Å². The molecule has 0 atom stereocenters. The summed E-state index contributed by atoms with van der Waals surface area (Å²) in [5.74, 6) is -1.07. The summed E-state index contributed by atoms with van der Waals surface area (Å²) in [6, 6.07) is 13.8. The molecular formula is C22H20O6. The van der Waals surface area contributed by atoms with E-state index in [-0.39, 0.29) is 5.57 Å². The molecule has 2 aromatic carbocycles. The number of benzene rings is 2. The van der Waals surface area contributed by atoms with Gasteiger partial charge in [0.05, 0.1) is 0 Å². The van der Waals surface area contributed by atoms with E-state index in [1.165, 1.54) is 6.92 Å². The van der Waals surface area contributed by atoms with Gasteiger partial charge in [-0.3, -0.25) is 0 Å². The van der Waals surface area contributed by atoms with Crippen molar-refractivity contribution in [2.75, 3.05) is 6.61 Å². The van der Waals surface area contributed by atoms with Gasteiger partial charge >= 0.3 is 17.9 Å². The lowest BCUT2D eigenvalue weighted by atomic mass is 10.1. The quantitative estimate of drug-likeness (QED) is 0.412. The summed E-state index contributed by atoms with van der Waals surface area (Å²) in [5.41, 5.74) is 2.30. The normalized spacial score (nSPS) is 9.93. The summed E-state index contributed by atoms with van der Waals surface area (Å²) in [6.07, 6.45) is 0. The van der Waals surface area contributed by atoms with Gasteiger partial charge in [0.1, 0.15) is 11.5 Å². The van der Waals surface area contributed by atoms with Crippen LogP contribution < -0.4 is 9.47 Å². The Morgan fingerprint density at radius 2 is 1.14 bits per heavy atom. The van der Waals surface area contributed by atoms with E-state index in [0.29, 0.717) is 17.1 Å². The minimum Gasteiger partial charge on any atom is -0.450 e. The predicted molar refractivity (Wildman–Crippen MR) is 104 cm³/mol. The Morgan fingerprint density at radius 1 is 0.714 bits per heavy atom. The molecular weight excluding hydrogens is 360 g/mol. The molecule has 2 rings (SSSR count). The molecule has 0 unspecified atom stereocenters. The fourth-order valence-electron chi connectivity index (χ4n) is 2.03. The van der Waals surface area contributed by atoms with E-state index in [1.54, 1.807) is 55.5 Å². The number of esters is 3. The van der Waals surface area contributed by atoms with Crippen molar-refractivity contribution in [1.29, 1.82) is 0 Å². The molecule has 6 heteroatoms. The van der Waals surface area contributed by atoms with Gasteiger partial charge in [-0.25, -0.2) is 14.4 Å². The summed E-state index contributed by atoms with van der Waals surface area (Å²) in [5, 5.41) is 0. The topological polar surface area (TPSA) is 78.9 Å². The van der Waals surface area contributed by atoms with Crippen molar-refractivity contribution in [3.05, 3.63) is 72.8 Å². The molecule has 0 spiro atoms. The van der Waals surface area contributed by atoms with Crippen LogP contribution in [0.1, 0.15) is 13.8 Å². The lowest BCUT2D eigenvalue weighted by Crippen LogP contribution is -2.18. The number of ether oxygens (including phenoxy) is 3. The van der Waals surface area contributed by atoms with Crippen molar-refractivity contribution >= 4 is 17.9 Å². The van der Waals surface area contributed by atoms with Crippen molar-refractivity contribution in [3.8, 4) is 22.6 Å². The second kappa shape index (κ2) is 9.32.